The summed E-state index contributed by atoms with van der Waals surface area (Å²) < 4.78 is 0. The van der Waals surface area contributed by atoms with Crippen LogP contribution in [0.1, 0.15) is 26.3 Å². The van der Waals surface area contributed by atoms with E-state index >= 15 is 0 Å². The molecule has 0 heterocycles. The molecule has 1 aromatic carbocycles. The van der Waals surface area contributed by atoms with Crippen LogP contribution in [0.3, 0.4) is 0 Å². The molecule has 0 saturated carbocycles. The van der Waals surface area contributed by atoms with E-state index in [1.807, 2.05) is 45.0 Å². The van der Waals surface area contributed by atoms with Gasteiger partial charge in [-0.3, -0.25) is 4.79 Å². The normalized spacial score (nSPS) is 11.2. The third-order valence-corrected chi connectivity index (χ3v) is 3.44. The van der Waals surface area contributed by atoms with Crippen LogP contribution < -0.4 is 0 Å². The molecule has 0 unspecified atom stereocenters. The smallest absolute Gasteiger partial charge is 0.307 e. The fourth-order valence-corrected chi connectivity index (χ4v) is 2.05. The highest BCUT2D eigenvalue weighted by Crippen LogP contribution is 2.23. The van der Waals surface area contributed by atoms with E-state index in [0.717, 1.165) is 0 Å². The van der Waals surface area contributed by atoms with Gasteiger partial charge in [-0.25, -0.2) is 0 Å². The molecule has 2 nitrogen and oxygen atoms in total. The van der Waals surface area contributed by atoms with Crippen LogP contribution in [0, 0.1) is 12.8 Å². The maximum Gasteiger partial charge on any atom is 0.307 e. The molecule has 1 aromatic rings. The highest BCUT2D eigenvalue weighted by atomic mass is 32.2. The summed E-state index contributed by atoms with van der Waals surface area (Å²) in [6, 6.07) is 8.02. The zero-order valence-corrected chi connectivity index (χ0v) is 11.2. The van der Waals surface area contributed by atoms with Crippen molar-refractivity contribution in [3.05, 3.63) is 29.8 Å². The van der Waals surface area contributed by atoms with Crippen LogP contribution in [0.5, 0.6) is 0 Å². The van der Waals surface area contributed by atoms with Gasteiger partial charge >= 0.3 is 5.97 Å². The standard InChI is InChI=1S/C11H14O2S.C2H6/c1-8-5-3-4-6-10(8)14-7-9(2)11(12)13;1-2/h3-6,9H,7H2,1-2H3,(H,12,13);1-2H3/t9-;/m0./s1. The summed E-state index contributed by atoms with van der Waals surface area (Å²) >= 11 is 1.60. The number of benzene rings is 1. The third-order valence-electron chi connectivity index (χ3n) is 2.00. The van der Waals surface area contributed by atoms with Crippen molar-refractivity contribution >= 4 is 17.7 Å². The number of aryl methyl sites for hydroxylation is 1. The Bertz CT molecular complexity index is 323. The molecule has 1 N–H and O–H groups in total. The maximum atomic E-state index is 10.6. The van der Waals surface area contributed by atoms with Crippen molar-refractivity contribution in [1.29, 1.82) is 0 Å². The molecular formula is C13H20O2S. The van der Waals surface area contributed by atoms with Crippen molar-refractivity contribution in [2.75, 3.05) is 5.75 Å². The minimum absolute atomic E-state index is 0.292. The molecule has 16 heavy (non-hydrogen) atoms. The predicted molar refractivity (Wildman–Crippen MR) is 70.1 cm³/mol. The molecule has 1 rings (SSSR count). The Labute approximate surface area is 102 Å². The molecule has 0 bridgehead atoms. The largest absolute Gasteiger partial charge is 0.481 e. The van der Waals surface area contributed by atoms with Gasteiger partial charge in [-0.1, -0.05) is 39.0 Å². The molecule has 0 saturated heterocycles. The first kappa shape index (κ1) is 15.0. The monoisotopic (exact) mass is 240 g/mol. The van der Waals surface area contributed by atoms with Crippen LogP contribution in [0.4, 0.5) is 0 Å². The summed E-state index contributed by atoms with van der Waals surface area (Å²) in [4.78, 5) is 11.8. The van der Waals surface area contributed by atoms with Gasteiger partial charge in [0.1, 0.15) is 0 Å². The maximum absolute atomic E-state index is 10.6. The van der Waals surface area contributed by atoms with E-state index in [1.165, 1.54) is 10.5 Å². The number of carboxylic acid groups (broad SMARTS) is 1. The molecule has 1 atom stereocenters. The zero-order valence-electron chi connectivity index (χ0n) is 10.4. The fourth-order valence-electron chi connectivity index (χ4n) is 1.00. The Morgan fingerprint density at radius 1 is 1.38 bits per heavy atom. The van der Waals surface area contributed by atoms with Gasteiger partial charge in [-0.15, -0.1) is 11.8 Å². The van der Waals surface area contributed by atoms with Crippen molar-refractivity contribution in [3.8, 4) is 0 Å². The highest BCUT2D eigenvalue weighted by Gasteiger charge is 2.11. The molecule has 0 spiro atoms. The second-order valence-electron chi connectivity index (χ2n) is 3.32. The van der Waals surface area contributed by atoms with Crippen LogP contribution in [0.2, 0.25) is 0 Å². The molecule has 0 aliphatic carbocycles. The summed E-state index contributed by atoms with van der Waals surface area (Å²) in [6.07, 6.45) is 0. The lowest BCUT2D eigenvalue weighted by Crippen LogP contribution is -2.11. The van der Waals surface area contributed by atoms with Gasteiger partial charge < -0.3 is 5.11 Å². The summed E-state index contributed by atoms with van der Waals surface area (Å²) in [5.41, 5.74) is 1.20. The van der Waals surface area contributed by atoms with Crippen molar-refractivity contribution < 1.29 is 9.90 Å². The van der Waals surface area contributed by atoms with E-state index in [1.54, 1.807) is 18.7 Å². The van der Waals surface area contributed by atoms with Gasteiger partial charge in [0.2, 0.25) is 0 Å². The van der Waals surface area contributed by atoms with E-state index < -0.39 is 5.97 Å². The van der Waals surface area contributed by atoms with Gasteiger partial charge in [-0.05, 0) is 18.6 Å². The SMILES string of the molecule is CC.Cc1ccccc1SC[C@H](C)C(=O)O. The third kappa shape index (κ3) is 5.21. The first-order valence-corrected chi connectivity index (χ1v) is 6.51. The Morgan fingerprint density at radius 3 is 2.44 bits per heavy atom. The average Bonchev–Trinajstić information content (AvgIpc) is 2.30. The highest BCUT2D eigenvalue weighted by molar-refractivity contribution is 7.99. The molecule has 0 aliphatic heterocycles. The molecule has 0 radical (unpaired) electrons. The van der Waals surface area contributed by atoms with Crippen LogP contribution in [0.25, 0.3) is 0 Å². The lowest BCUT2D eigenvalue weighted by Gasteiger charge is -2.07. The molecule has 0 amide bonds. The van der Waals surface area contributed by atoms with E-state index in [4.69, 9.17) is 5.11 Å². The number of carboxylic acids is 1. The first-order valence-electron chi connectivity index (χ1n) is 5.52. The summed E-state index contributed by atoms with van der Waals surface area (Å²) in [5.74, 6) is -0.397. The number of hydrogen-bond donors (Lipinski definition) is 1. The summed E-state index contributed by atoms with van der Waals surface area (Å²) in [7, 11) is 0. The minimum Gasteiger partial charge on any atom is -0.481 e. The van der Waals surface area contributed by atoms with Crippen LogP contribution >= 0.6 is 11.8 Å². The number of aliphatic carboxylic acids is 1. The Kier molecular flexibility index (Phi) is 7.73. The zero-order chi connectivity index (χ0) is 12.6. The van der Waals surface area contributed by atoms with Crippen molar-refractivity contribution in [1.82, 2.24) is 0 Å². The van der Waals surface area contributed by atoms with Crippen LogP contribution in [0.15, 0.2) is 29.2 Å². The Hall–Kier alpha value is -0.960. The quantitative estimate of drug-likeness (QED) is 0.813. The number of thioether (sulfide) groups is 1. The van der Waals surface area contributed by atoms with E-state index in [2.05, 4.69) is 0 Å². The van der Waals surface area contributed by atoms with Gasteiger partial charge in [0.15, 0.2) is 0 Å². The van der Waals surface area contributed by atoms with Crippen LogP contribution in [-0.2, 0) is 4.79 Å². The molecule has 0 aromatic heterocycles. The topological polar surface area (TPSA) is 37.3 Å². The molecule has 0 fully saturated rings. The van der Waals surface area contributed by atoms with Gasteiger partial charge in [0.05, 0.1) is 5.92 Å². The Morgan fingerprint density at radius 2 is 1.94 bits per heavy atom. The first-order chi connectivity index (χ1) is 7.61. The molecule has 0 aliphatic rings. The second-order valence-corrected chi connectivity index (χ2v) is 4.38. The number of hydrogen-bond acceptors (Lipinski definition) is 2. The Balaban J connectivity index is 0.00000106. The summed E-state index contributed by atoms with van der Waals surface area (Å²) in [6.45, 7) is 7.77. The molecule has 3 heteroatoms. The fraction of sp³-hybridized carbons (Fsp3) is 0.462. The number of carbonyl (C=O) groups is 1. The van der Waals surface area contributed by atoms with Crippen molar-refractivity contribution in [3.63, 3.8) is 0 Å². The van der Waals surface area contributed by atoms with E-state index in [0.29, 0.717) is 5.75 Å². The second kappa shape index (κ2) is 8.22. The van der Waals surface area contributed by atoms with Crippen molar-refractivity contribution in [2.45, 2.75) is 32.6 Å². The number of rotatable bonds is 4. The van der Waals surface area contributed by atoms with Gasteiger partial charge in [0, 0.05) is 10.6 Å². The minimum atomic E-state index is -0.730. The lowest BCUT2D eigenvalue weighted by molar-refractivity contribution is -0.140. The van der Waals surface area contributed by atoms with Crippen molar-refractivity contribution in [2.24, 2.45) is 5.92 Å². The lowest BCUT2D eigenvalue weighted by atomic mass is 10.2. The summed E-state index contributed by atoms with van der Waals surface area (Å²) in [5, 5.41) is 8.72. The van der Waals surface area contributed by atoms with E-state index in [-0.39, 0.29) is 5.92 Å². The molecular weight excluding hydrogens is 220 g/mol. The van der Waals surface area contributed by atoms with E-state index in [9.17, 15) is 4.79 Å². The van der Waals surface area contributed by atoms with Gasteiger partial charge in [-0.2, -0.15) is 0 Å². The predicted octanol–water partition coefficient (Wildman–Crippen LogP) is 3.83. The molecule has 90 valence electrons. The average molecular weight is 240 g/mol. The van der Waals surface area contributed by atoms with Crippen LogP contribution in [-0.4, -0.2) is 16.8 Å². The van der Waals surface area contributed by atoms with Gasteiger partial charge in [0.25, 0.3) is 0 Å².